The Morgan fingerprint density at radius 1 is 0.568 bits per heavy atom. The van der Waals surface area contributed by atoms with Gasteiger partial charge in [0.25, 0.3) is 0 Å². The number of likely N-dealkylation sites (N-methyl/N-ethyl adjacent to an activating group) is 2. The van der Waals surface area contributed by atoms with E-state index in [9.17, 15) is 0 Å². The van der Waals surface area contributed by atoms with Crippen LogP contribution in [0.2, 0.25) is 0 Å². The second-order valence-corrected chi connectivity index (χ2v) is 11.4. The third kappa shape index (κ3) is 3.27. The number of hydrogen-bond acceptors (Lipinski definition) is 3. The molecule has 0 saturated heterocycles. The van der Waals surface area contributed by atoms with E-state index in [0.29, 0.717) is 12.1 Å². The molecular weight excluding hydrogens is 452 g/mol. The van der Waals surface area contributed by atoms with E-state index in [2.05, 4.69) is 96.7 Å². The van der Waals surface area contributed by atoms with E-state index in [1.54, 1.807) is 5.56 Å². The molecule has 184 valence electrons. The molecule has 3 nitrogen and oxygen atoms in total. The van der Waals surface area contributed by atoms with Crippen LogP contribution in [0.15, 0.2) is 72.8 Å². The molecular formula is C34H32N2O. The predicted octanol–water partition coefficient (Wildman–Crippen LogP) is 6.98. The van der Waals surface area contributed by atoms with Gasteiger partial charge in [-0.1, -0.05) is 48.5 Å². The van der Waals surface area contributed by atoms with Crippen molar-refractivity contribution in [2.24, 2.45) is 0 Å². The lowest BCUT2D eigenvalue weighted by atomic mass is 9.77. The van der Waals surface area contributed by atoms with Crippen LogP contribution in [0, 0.1) is 0 Å². The fraction of sp³-hybridized carbons (Fsp3) is 0.294. The molecule has 0 bridgehead atoms. The van der Waals surface area contributed by atoms with E-state index >= 15 is 0 Å². The number of nitrogens with zero attached hydrogens (tertiary/aromatic N) is 2. The highest BCUT2D eigenvalue weighted by Gasteiger charge is 2.34. The van der Waals surface area contributed by atoms with Crippen LogP contribution >= 0.6 is 0 Å². The summed E-state index contributed by atoms with van der Waals surface area (Å²) >= 11 is 0. The van der Waals surface area contributed by atoms with Gasteiger partial charge in [-0.05, 0) is 120 Å². The lowest BCUT2D eigenvalue weighted by Gasteiger charge is -2.40. The van der Waals surface area contributed by atoms with E-state index in [1.165, 1.54) is 50.1 Å². The minimum absolute atomic E-state index is 0.460. The predicted molar refractivity (Wildman–Crippen MR) is 149 cm³/mol. The quantitative estimate of drug-likeness (QED) is 0.305. The SMILES string of the molecule is CN1CCc2cccc3c2C1Cc1cc(Oc2ccc4c(c2)-c2cccc5c2C(C4)N(C)CC5)ccc1-3. The average Bonchev–Trinajstić information content (AvgIpc) is 2.92. The normalized spacial score (nSPS) is 21.5. The zero-order chi connectivity index (χ0) is 24.7. The van der Waals surface area contributed by atoms with E-state index in [1.807, 2.05) is 0 Å². The van der Waals surface area contributed by atoms with E-state index < -0.39 is 0 Å². The second-order valence-electron chi connectivity index (χ2n) is 11.4. The summed E-state index contributed by atoms with van der Waals surface area (Å²) in [6.45, 7) is 2.26. The Labute approximate surface area is 219 Å². The van der Waals surface area contributed by atoms with Gasteiger partial charge in [0.1, 0.15) is 11.5 Å². The van der Waals surface area contributed by atoms with Crippen molar-refractivity contribution >= 4 is 0 Å². The smallest absolute Gasteiger partial charge is 0.128 e. The average molecular weight is 485 g/mol. The number of fused-ring (bicyclic) bond motifs is 4. The van der Waals surface area contributed by atoms with Crippen LogP contribution in [0.25, 0.3) is 22.3 Å². The summed E-state index contributed by atoms with van der Waals surface area (Å²) in [4.78, 5) is 5.05. The monoisotopic (exact) mass is 484 g/mol. The Kier molecular flexibility index (Phi) is 4.71. The fourth-order valence-electron chi connectivity index (χ4n) is 7.45. The molecule has 4 aromatic carbocycles. The van der Waals surface area contributed by atoms with Gasteiger partial charge in [-0.3, -0.25) is 9.80 Å². The molecule has 3 heteroatoms. The first kappa shape index (κ1) is 21.7. The molecule has 8 rings (SSSR count). The van der Waals surface area contributed by atoms with Gasteiger partial charge < -0.3 is 4.74 Å². The van der Waals surface area contributed by atoms with Gasteiger partial charge in [-0.25, -0.2) is 0 Å². The topological polar surface area (TPSA) is 15.7 Å². The first-order chi connectivity index (χ1) is 18.1. The van der Waals surface area contributed by atoms with Gasteiger partial charge in [-0.15, -0.1) is 0 Å². The Balaban J connectivity index is 1.15. The standard InChI is InChI=1S/C34H32N2O/c1-35-15-14-22-6-4-8-29-30-20-26(10-9-23(30)18-31(35)34(22)29)37-25-11-12-27-24(17-25)19-32-33-21(13-16-36(32)2)5-3-7-28(27)33/h3-12,17,20,31-32H,13-16,18-19H2,1-2H3. The van der Waals surface area contributed by atoms with Crippen molar-refractivity contribution in [3.63, 3.8) is 0 Å². The third-order valence-corrected chi connectivity index (χ3v) is 9.39. The molecule has 0 radical (unpaired) electrons. The van der Waals surface area contributed by atoms with Crippen LogP contribution < -0.4 is 4.74 Å². The minimum Gasteiger partial charge on any atom is -0.457 e. The Morgan fingerprint density at radius 3 is 1.86 bits per heavy atom. The Morgan fingerprint density at radius 2 is 1.16 bits per heavy atom. The molecule has 0 aromatic heterocycles. The van der Waals surface area contributed by atoms with Crippen molar-refractivity contribution in [1.82, 2.24) is 9.80 Å². The lowest BCUT2D eigenvalue weighted by Crippen LogP contribution is -2.35. The maximum atomic E-state index is 6.54. The van der Waals surface area contributed by atoms with Gasteiger partial charge in [0, 0.05) is 25.2 Å². The van der Waals surface area contributed by atoms with Gasteiger partial charge in [-0.2, -0.15) is 0 Å². The van der Waals surface area contributed by atoms with Gasteiger partial charge in [0.2, 0.25) is 0 Å². The molecule has 0 N–H and O–H groups in total. The molecule has 0 saturated carbocycles. The van der Waals surface area contributed by atoms with E-state index in [0.717, 1.165) is 50.3 Å². The summed E-state index contributed by atoms with van der Waals surface area (Å²) in [5.74, 6) is 1.85. The highest BCUT2D eigenvalue weighted by Crippen LogP contribution is 2.47. The number of rotatable bonds is 2. The van der Waals surface area contributed by atoms with Crippen LogP contribution in [-0.2, 0) is 25.7 Å². The van der Waals surface area contributed by atoms with Crippen molar-refractivity contribution in [1.29, 1.82) is 0 Å². The molecule has 4 aliphatic rings. The maximum Gasteiger partial charge on any atom is 0.128 e. The van der Waals surface area contributed by atoms with Crippen LogP contribution in [0.3, 0.4) is 0 Å². The molecule has 0 fully saturated rings. The largest absolute Gasteiger partial charge is 0.457 e. The number of ether oxygens (including phenoxy) is 1. The summed E-state index contributed by atoms with van der Waals surface area (Å²) in [6.07, 6.45) is 4.40. The molecule has 0 amide bonds. The first-order valence-electron chi connectivity index (χ1n) is 13.7. The Bertz CT molecular complexity index is 1570. The van der Waals surface area contributed by atoms with E-state index in [-0.39, 0.29) is 0 Å². The van der Waals surface area contributed by atoms with Crippen LogP contribution in [-0.4, -0.2) is 37.0 Å². The number of benzene rings is 4. The van der Waals surface area contributed by atoms with Crippen molar-refractivity contribution in [3.05, 3.63) is 106 Å². The summed E-state index contributed by atoms with van der Waals surface area (Å²) in [5, 5.41) is 0. The molecule has 4 aromatic rings. The van der Waals surface area contributed by atoms with Gasteiger partial charge in [0.05, 0.1) is 0 Å². The molecule has 2 atom stereocenters. The van der Waals surface area contributed by atoms with Crippen molar-refractivity contribution in [3.8, 4) is 33.8 Å². The molecule has 2 aliphatic carbocycles. The van der Waals surface area contributed by atoms with Crippen LogP contribution in [0.4, 0.5) is 0 Å². The molecule has 37 heavy (non-hydrogen) atoms. The molecule has 2 unspecified atom stereocenters. The highest BCUT2D eigenvalue weighted by molar-refractivity contribution is 5.78. The van der Waals surface area contributed by atoms with Gasteiger partial charge >= 0.3 is 0 Å². The van der Waals surface area contributed by atoms with Gasteiger partial charge in [0.15, 0.2) is 0 Å². The lowest BCUT2D eigenvalue weighted by molar-refractivity contribution is 0.228. The van der Waals surface area contributed by atoms with E-state index in [4.69, 9.17) is 4.74 Å². The number of hydrogen-bond donors (Lipinski definition) is 0. The van der Waals surface area contributed by atoms with Crippen molar-refractivity contribution in [2.45, 2.75) is 37.8 Å². The summed E-state index contributed by atoms with van der Waals surface area (Å²) in [5.41, 5.74) is 14.4. The third-order valence-electron chi connectivity index (χ3n) is 9.39. The molecule has 0 spiro atoms. The summed E-state index contributed by atoms with van der Waals surface area (Å²) in [6, 6.07) is 28.1. The second kappa shape index (κ2) is 8.05. The first-order valence-corrected chi connectivity index (χ1v) is 13.7. The Hall–Kier alpha value is -3.40. The zero-order valence-electron chi connectivity index (χ0n) is 21.6. The summed E-state index contributed by atoms with van der Waals surface area (Å²) < 4.78 is 6.54. The van der Waals surface area contributed by atoms with Crippen LogP contribution in [0.1, 0.15) is 45.5 Å². The molecule has 2 heterocycles. The van der Waals surface area contributed by atoms with Crippen molar-refractivity contribution in [2.75, 3.05) is 27.2 Å². The fourth-order valence-corrected chi connectivity index (χ4v) is 7.45. The highest BCUT2D eigenvalue weighted by atomic mass is 16.5. The van der Waals surface area contributed by atoms with Crippen molar-refractivity contribution < 1.29 is 4.74 Å². The minimum atomic E-state index is 0.460. The molecule has 2 aliphatic heterocycles. The zero-order valence-corrected chi connectivity index (χ0v) is 21.6. The van der Waals surface area contributed by atoms with Crippen LogP contribution in [0.5, 0.6) is 11.5 Å². The summed E-state index contributed by atoms with van der Waals surface area (Å²) in [7, 11) is 4.54. The maximum absolute atomic E-state index is 6.54.